The van der Waals surface area contributed by atoms with Crippen LogP contribution < -0.4 is 5.32 Å². The molecule has 1 amide bonds. The van der Waals surface area contributed by atoms with Crippen LogP contribution in [0.3, 0.4) is 0 Å². The fourth-order valence-corrected chi connectivity index (χ4v) is 3.54. The Hall–Kier alpha value is -0.610. The lowest BCUT2D eigenvalue weighted by Gasteiger charge is -2.40. The highest BCUT2D eigenvalue weighted by molar-refractivity contribution is 5.83. The van der Waals surface area contributed by atoms with Gasteiger partial charge in [0.2, 0.25) is 5.91 Å². The molecule has 2 fully saturated rings. The smallest absolute Gasteiger partial charge is 0.228 e. The van der Waals surface area contributed by atoms with Gasteiger partial charge in [0.05, 0.1) is 5.41 Å². The Balaban J connectivity index is 2.05. The second-order valence-corrected chi connectivity index (χ2v) is 6.23. The van der Waals surface area contributed by atoms with Crippen LogP contribution in [0.1, 0.15) is 39.0 Å². The lowest BCUT2D eigenvalue weighted by molar-refractivity contribution is -0.144. The highest BCUT2D eigenvalue weighted by Gasteiger charge is 2.41. The first-order valence-electron chi connectivity index (χ1n) is 7.86. The van der Waals surface area contributed by atoms with Gasteiger partial charge in [-0.15, -0.1) is 0 Å². The van der Waals surface area contributed by atoms with Crippen molar-refractivity contribution in [2.24, 2.45) is 5.41 Å². The zero-order valence-corrected chi connectivity index (χ0v) is 12.6. The molecule has 0 spiro atoms. The lowest BCUT2D eigenvalue weighted by atomic mass is 9.74. The van der Waals surface area contributed by atoms with Crippen LogP contribution in [-0.2, 0) is 4.79 Å². The molecule has 2 aliphatic rings. The summed E-state index contributed by atoms with van der Waals surface area (Å²) in [6.07, 6.45) is 5.32. The second kappa shape index (κ2) is 6.71. The molecule has 2 aliphatic heterocycles. The van der Waals surface area contributed by atoms with Crippen LogP contribution in [0.5, 0.6) is 0 Å². The highest BCUT2D eigenvalue weighted by atomic mass is 16.2. The largest absolute Gasteiger partial charge is 0.341 e. The third-order valence-corrected chi connectivity index (χ3v) is 4.75. The van der Waals surface area contributed by atoms with Crippen molar-refractivity contribution in [3.63, 3.8) is 0 Å². The number of likely N-dealkylation sites (N-methyl/N-ethyl adjacent to an activating group) is 1. The van der Waals surface area contributed by atoms with E-state index >= 15 is 0 Å². The Labute approximate surface area is 117 Å². The predicted molar refractivity (Wildman–Crippen MR) is 78.1 cm³/mol. The van der Waals surface area contributed by atoms with Crippen LogP contribution >= 0.6 is 0 Å². The summed E-state index contributed by atoms with van der Waals surface area (Å²) in [6.45, 7) is 8.20. The number of rotatable bonds is 3. The summed E-state index contributed by atoms with van der Waals surface area (Å²) in [5.41, 5.74) is -0.0666. The molecule has 19 heavy (non-hydrogen) atoms. The van der Waals surface area contributed by atoms with Gasteiger partial charge >= 0.3 is 0 Å². The molecule has 2 heterocycles. The van der Waals surface area contributed by atoms with E-state index in [1.807, 2.05) is 0 Å². The van der Waals surface area contributed by atoms with E-state index < -0.39 is 0 Å². The number of nitrogens with one attached hydrogen (secondary N) is 1. The maximum Gasteiger partial charge on any atom is 0.228 e. The first-order chi connectivity index (χ1) is 9.18. The molecule has 0 unspecified atom stereocenters. The van der Waals surface area contributed by atoms with Gasteiger partial charge in [-0.05, 0) is 52.4 Å². The molecule has 110 valence electrons. The molecule has 0 aromatic rings. The standard InChI is InChI=1S/C15H29N3O/c1-3-5-15(6-8-16-9-7-15)14(19)18-11-4-10-17(2)12-13-18/h16H,3-13H2,1-2H3. The quantitative estimate of drug-likeness (QED) is 0.838. The molecule has 0 radical (unpaired) electrons. The summed E-state index contributed by atoms with van der Waals surface area (Å²) in [5, 5.41) is 3.40. The topological polar surface area (TPSA) is 35.6 Å². The van der Waals surface area contributed by atoms with Gasteiger partial charge < -0.3 is 15.1 Å². The summed E-state index contributed by atoms with van der Waals surface area (Å²) in [7, 11) is 2.15. The maximum absolute atomic E-state index is 13.0. The lowest BCUT2D eigenvalue weighted by Crippen LogP contribution is -2.50. The van der Waals surface area contributed by atoms with Gasteiger partial charge in [-0.2, -0.15) is 0 Å². The Morgan fingerprint density at radius 1 is 1.16 bits per heavy atom. The normalized spacial score (nSPS) is 25.1. The highest BCUT2D eigenvalue weighted by Crippen LogP contribution is 2.36. The average molecular weight is 267 g/mol. The monoisotopic (exact) mass is 267 g/mol. The molecule has 0 atom stereocenters. The molecular formula is C15H29N3O. The zero-order chi connectivity index (χ0) is 13.7. The van der Waals surface area contributed by atoms with Gasteiger partial charge in [0.15, 0.2) is 0 Å². The predicted octanol–water partition coefficient (Wildman–Crippen LogP) is 1.32. The SMILES string of the molecule is CCCC1(C(=O)N2CCCN(C)CC2)CCNCC1. The Morgan fingerprint density at radius 2 is 1.89 bits per heavy atom. The van der Waals surface area contributed by atoms with Gasteiger partial charge in [-0.25, -0.2) is 0 Å². The van der Waals surface area contributed by atoms with Crippen molar-refractivity contribution < 1.29 is 4.79 Å². The van der Waals surface area contributed by atoms with Crippen LogP contribution in [0.15, 0.2) is 0 Å². The number of hydrogen-bond acceptors (Lipinski definition) is 3. The minimum Gasteiger partial charge on any atom is -0.341 e. The van der Waals surface area contributed by atoms with Crippen LogP contribution in [0, 0.1) is 5.41 Å². The summed E-state index contributed by atoms with van der Waals surface area (Å²) in [6, 6.07) is 0. The van der Waals surface area contributed by atoms with Crippen molar-refractivity contribution in [2.45, 2.75) is 39.0 Å². The summed E-state index contributed by atoms with van der Waals surface area (Å²) < 4.78 is 0. The van der Waals surface area contributed by atoms with Crippen molar-refractivity contribution in [2.75, 3.05) is 46.3 Å². The molecule has 0 aromatic carbocycles. The number of hydrogen-bond donors (Lipinski definition) is 1. The minimum atomic E-state index is -0.0666. The molecule has 0 aromatic heterocycles. The maximum atomic E-state index is 13.0. The Morgan fingerprint density at radius 3 is 2.58 bits per heavy atom. The molecule has 2 saturated heterocycles. The van der Waals surface area contributed by atoms with Gasteiger partial charge in [-0.1, -0.05) is 13.3 Å². The van der Waals surface area contributed by atoms with E-state index in [1.54, 1.807) is 0 Å². The van der Waals surface area contributed by atoms with E-state index in [2.05, 4.69) is 29.1 Å². The molecular weight excluding hydrogens is 238 g/mol. The molecule has 4 heteroatoms. The van der Waals surface area contributed by atoms with E-state index in [1.165, 1.54) is 0 Å². The van der Waals surface area contributed by atoms with Crippen molar-refractivity contribution in [3.8, 4) is 0 Å². The molecule has 1 N–H and O–H groups in total. The Kier molecular flexibility index (Phi) is 5.22. The molecule has 4 nitrogen and oxygen atoms in total. The van der Waals surface area contributed by atoms with E-state index in [0.29, 0.717) is 5.91 Å². The first kappa shape index (κ1) is 14.8. The van der Waals surface area contributed by atoms with Gasteiger partial charge in [0.25, 0.3) is 0 Å². The number of carbonyl (C=O) groups is 1. The number of amides is 1. The number of piperidine rings is 1. The summed E-state index contributed by atoms with van der Waals surface area (Å²) in [5.74, 6) is 0.436. The fraction of sp³-hybridized carbons (Fsp3) is 0.933. The third-order valence-electron chi connectivity index (χ3n) is 4.75. The van der Waals surface area contributed by atoms with Crippen LogP contribution in [-0.4, -0.2) is 62.0 Å². The van der Waals surface area contributed by atoms with Crippen LogP contribution in [0.4, 0.5) is 0 Å². The zero-order valence-electron chi connectivity index (χ0n) is 12.6. The first-order valence-corrected chi connectivity index (χ1v) is 7.86. The fourth-order valence-electron chi connectivity index (χ4n) is 3.54. The van der Waals surface area contributed by atoms with Crippen LogP contribution in [0.25, 0.3) is 0 Å². The van der Waals surface area contributed by atoms with E-state index in [4.69, 9.17) is 0 Å². The number of carbonyl (C=O) groups excluding carboxylic acids is 1. The average Bonchev–Trinajstić information content (AvgIpc) is 2.64. The molecule has 0 aliphatic carbocycles. The van der Waals surface area contributed by atoms with Gasteiger partial charge in [-0.3, -0.25) is 4.79 Å². The van der Waals surface area contributed by atoms with Gasteiger partial charge in [0.1, 0.15) is 0 Å². The molecule has 0 saturated carbocycles. The van der Waals surface area contributed by atoms with Crippen molar-refractivity contribution in [3.05, 3.63) is 0 Å². The summed E-state index contributed by atoms with van der Waals surface area (Å²) in [4.78, 5) is 17.5. The summed E-state index contributed by atoms with van der Waals surface area (Å²) >= 11 is 0. The van der Waals surface area contributed by atoms with E-state index in [0.717, 1.165) is 71.4 Å². The van der Waals surface area contributed by atoms with Gasteiger partial charge in [0, 0.05) is 19.6 Å². The second-order valence-electron chi connectivity index (χ2n) is 6.23. The third kappa shape index (κ3) is 3.48. The number of nitrogens with zero attached hydrogens (tertiary/aromatic N) is 2. The Bertz CT molecular complexity index is 294. The minimum absolute atomic E-state index is 0.0666. The molecule has 0 bridgehead atoms. The van der Waals surface area contributed by atoms with Crippen molar-refractivity contribution >= 4 is 5.91 Å². The van der Waals surface area contributed by atoms with Crippen LogP contribution in [0.2, 0.25) is 0 Å². The van der Waals surface area contributed by atoms with Crippen molar-refractivity contribution in [1.82, 2.24) is 15.1 Å². The molecule has 2 rings (SSSR count). The van der Waals surface area contributed by atoms with Crippen molar-refractivity contribution in [1.29, 1.82) is 0 Å². The van der Waals surface area contributed by atoms with E-state index in [9.17, 15) is 4.79 Å². The van der Waals surface area contributed by atoms with E-state index in [-0.39, 0.29) is 5.41 Å².